The fraction of sp³-hybridized carbons (Fsp3) is 0.575. The molecule has 2 aromatic heterocycles. The van der Waals surface area contributed by atoms with Gasteiger partial charge in [0.15, 0.2) is 0 Å². The molecule has 2 N–H and O–H groups in total. The van der Waals surface area contributed by atoms with E-state index in [-0.39, 0.29) is 48.5 Å². The maximum Gasteiger partial charge on any atom is 0.408 e. The number of amides is 1. The highest BCUT2D eigenvalue weighted by Gasteiger charge is 2.31. The number of benzene rings is 1. The van der Waals surface area contributed by atoms with E-state index < -0.39 is 36.4 Å². The molecule has 2 unspecified atom stereocenters. The Labute approximate surface area is 326 Å². The first kappa shape index (κ1) is 44.0. The van der Waals surface area contributed by atoms with Gasteiger partial charge in [-0.15, -0.1) is 0 Å². The van der Waals surface area contributed by atoms with Crippen LogP contribution in [0.3, 0.4) is 0 Å². The number of hydrogen-bond acceptors (Lipinski definition) is 10. The number of nitrogens with one attached hydrogen (secondary N) is 2. The number of carbonyl (C=O) groups excluding carboxylic acids is 3. The minimum absolute atomic E-state index is 0.0516. The number of fused-ring (bicyclic) bond motifs is 1. The Balaban J connectivity index is 1.32. The highest BCUT2D eigenvalue weighted by molar-refractivity contribution is 6.03. The number of halogens is 3. The van der Waals surface area contributed by atoms with Gasteiger partial charge >= 0.3 is 24.2 Å². The lowest BCUT2D eigenvalue weighted by molar-refractivity contribution is -0.140. The molecule has 1 amide bonds. The molecule has 0 bridgehead atoms. The summed E-state index contributed by atoms with van der Waals surface area (Å²) in [4.78, 5) is 39.0. The quantitative estimate of drug-likeness (QED) is 0.0717. The number of alkyl carbamates (subject to hydrolysis) is 1. The number of nitrogens with zero attached hydrogens (tertiary/aromatic N) is 3. The molecule has 13 nitrogen and oxygen atoms in total. The second-order valence-corrected chi connectivity index (χ2v) is 14.5. The van der Waals surface area contributed by atoms with E-state index in [1.54, 1.807) is 69.8 Å². The molecule has 2 atom stereocenters. The van der Waals surface area contributed by atoms with Gasteiger partial charge in [0.1, 0.15) is 12.1 Å². The summed E-state index contributed by atoms with van der Waals surface area (Å²) < 4.78 is 71.1. The molecule has 1 fully saturated rings. The molecule has 16 heteroatoms. The van der Waals surface area contributed by atoms with E-state index >= 15 is 0 Å². The minimum atomic E-state index is -4.47. The van der Waals surface area contributed by atoms with Gasteiger partial charge in [0.05, 0.1) is 61.9 Å². The number of hydrogen-bond donors (Lipinski definition) is 2. The first-order valence-electron chi connectivity index (χ1n) is 18.9. The van der Waals surface area contributed by atoms with Crippen molar-refractivity contribution < 1.29 is 51.2 Å². The molecule has 0 aliphatic carbocycles. The minimum Gasteiger partial charge on any atom is -0.462 e. The topological polar surface area (TPSA) is 135 Å². The number of alkyl halides is 3. The van der Waals surface area contributed by atoms with Gasteiger partial charge in [-0.25, -0.2) is 14.4 Å². The summed E-state index contributed by atoms with van der Waals surface area (Å²) >= 11 is 0. The van der Waals surface area contributed by atoms with Crippen LogP contribution in [0.2, 0.25) is 0 Å². The van der Waals surface area contributed by atoms with Gasteiger partial charge in [0, 0.05) is 49.2 Å². The number of aromatic nitrogens is 2. The van der Waals surface area contributed by atoms with Crippen LogP contribution in [0.15, 0.2) is 36.7 Å². The summed E-state index contributed by atoms with van der Waals surface area (Å²) in [5, 5.41) is 6.78. The van der Waals surface area contributed by atoms with Gasteiger partial charge < -0.3 is 48.4 Å². The van der Waals surface area contributed by atoms with E-state index in [4.69, 9.17) is 23.7 Å². The number of esters is 2. The van der Waals surface area contributed by atoms with Gasteiger partial charge in [-0.05, 0) is 91.1 Å². The Morgan fingerprint density at radius 2 is 1.61 bits per heavy atom. The monoisotopic (exact) mass is 789 g/mol. The molecule has 308 valence electrons. The second kappa shape index (κ2) is 20.4. The third kappa shape index (κ3) is 13.5. The standard InChI is InChI=1S/C40H54F3N5O8/c1-7-54-36(49)31-25-47(26-32(31)37(50)55-8-2)18-20-53-22-21-52-19-15-28-24-46(6)17-14-33(28)45-34-12-9-13-35-30(34)23-29(48(35)27-40(41,42)43)11-10-16-44-38(51)56-39(3,4)5/h9,12-13,23,25-26,28,33,45H,7-8,14-22,24,27H2,1-6H3,(H,44,51). The second-order valence-electron chi connectivity index (χ2n) is 14.5. The molecule has 3 aromatic rings. The van der Waals surface area contributed by atoms with Crippen LogP contribution in [-0.2, 0) is 36.8 Å². The molecule has 1 aliphatic rings. The van der Waals surface area contributed by atoms with Gasteiger partial charge in [-0.3, -0.25) is 0 Å². The molecule has 1 aromatic carbocycles. The van der Waals surface area contributed by atoms with E-state index in [2.05, 4.69) is 34.4 Å². The van der Waals surface area contributed by atoms with Crippen LogP contribution >= 0.6 is 0 Å². The van der Waals surface area contributed by atoms with Crippen molar-refractivity contribution in [1.82, 2.24) is 19.4 Å². The zero-order valence-corrected chi connectivity index (χ0v) is 33.1. The SMILES string of the molecule is CCOC(=O)c1cn(CCOCCOCCC2CN(C)CCC2Nc2cccc3c2cc(C#CCNC(=O)OC(C)(C)C)n3CC(F)(F)F)cc1C(=O)OCC. The lowest BCUT2D eigenvalue weighted by atomic mass is 9.89. The highest BCUT2D eigenvalue weighted by Crippen LogP contribution is 2.32. The summed E-state index contributed by atoms with van der Waals surface area (Å²) in [7, 11) is 2.06. The number of likely N-dealkylation sites (tertiary alicyclic amines) is 1. The summed E-state index contributed by atoms with van der Waals surface area (Å²) in [5.41, 5.74) is 0.906. The number of ether oxygens (including phenoxy) is 5. The molecule has 0 spiro atoms. The summed E-state index contributed by atoms with van der Waals surface area (Å²) in [6, 6.07) is 6.97. The Bertz CT molecular complexity index is 1800. The predicted octanol–water partition coefficient (Wildman–Crippen LogP) is 6.09. The maximum atomic E-state index is 13.7. The number of piperidine rings is 1. The largest absolute Gasteiger partial charge is 0.462 e. The molecule has 1 aliphatic heterocycles. The van der Waals surface area contributed by atoms with Crippen molar-refractivity contribution in [2.45, 2.75) is 78.4 Å². The van der Waals surface area contributed by atoms with Gasteiger partial charge in [0.2, 0.25) is 0 Å². The summed E-state index contributed by atoms with van der Waals surface area (Å²) in [6.07, 6.45) is -0.442. The molecular formula is C40H54F3N5O8. The zero-order valence-electron chi connectivity index (χ0n) is 33.1. The Morgan fingerprint density at radius 3 is 2.23 bits per heavy atom. The lowest BCUT2D eigenvalue weighted by Crippen LogP contribution is -2.45. The van der Waals surface area contributed by atoms with Gasteiger partial charge in [-0.2, -0.15) is 13.2 Å². The van der Waals surface area contributed by atoms with Crippen LogP contribution < -0.4 is 10.6 Å². The van der Waals surface area contributed by atoms with Crippen molar-refractivity contribution in [3.05, 3.63) is 53.5 Å². The Morgan fingerprint density at radius 1 is 0.946 bits per heavy atom. The average Bonchev–Trinajstić information content (AvgIpc) is 3.70. The zero-order chi connectivity index (χ0) is 40.9. The Kier molecular flexibility index (Phi) is 16.1. The average molecular weight is 790 g/mol. The fourth-order valence-corrected chi connectivity index (χ4v) is 6.43. The van der Waals surface area contributed by atoms with E-state index in [0.717, 1.165) is 36.2 Å². The fourth-order valence-electron chi connectivity index (χ4n) is 6.43. The van der Waals surface area contributed by atoms with E-state index in [9.17, 15) is 27.6 Å². The van der Waals surface area contributed by atoms with Crippen LogP contribution in [0.1, 0.15) is 73.9 Å². The third-order valence-corrected chi connectivity index (χ3v) is 8.87. The predicted molar refractivity (Wildman–Crippen MR) is 205 cm³/mol. The molecule has 4 rings (SSSR count). The maximum absolute atomic E-state index is 13.7. The number of anilines is 1. The molecule has 56 heavy (non-hydrogen) atoms. The third-order valence-electron chi connectivity index (χ3n) is 8.87. The molecular weight excluding hydrogens is 735 g/mol. The summed E-state index contributed by atoms with van der Waals surface area (Å²) in [6.45, 7) is 11.3. The summed E-state index contributed by atoms with van der Waals surface area (Å²) in [5.74, 6) is 4.59. The molecule has 0 radical (unpaired) electrons. The first-order valence-corrected chi connectivity index (χ1v) is 18.9. The van der Waals surface area contributed by atoms with E-state index in [1.807, 2.05) is 6.07 Å². The van der Waals surface area contributed by atoms with Gasteiger partial charge in [0.25, 0.3) is 0 Å². The normalized spacial score (nSPS) is 16.2. The van der Waals surface area contributed by atoms with Crippen LogP contribution in [-0.4, -0.2) is 116 Å². The van der Waals surface area contributed by atoms with Crippen molar-refractivity contribution in [2.24, 2.45) is 5.92 Å². The highest BCUT2D eigenvalue weighted by atomic mass is 19.4. The van der Waals surface area contributed by atoms with Crippen molar-refractivity contribution in [2.75, 3.05) is 71.6 Å². The Hall–Kier alpha value is -4.72. The smallest absolute Gasteiger partial charge is 0.408 e. The van der Waals surface area contributed by atoms with Crippen LogP contribution in [0.25, 0.3) is 10.9 Å². The van der Waals surface area contributed by atoms with E-state index in [1.165, 1.54) is 0 Å². The van der Waals surface area contributed by atoms with Gasteiger partial charge in [-0.1, -0.05) is 12.0 Å². The number of carbonyl (C=O) groups is 3. The number of rotatable bonds is 17. The van der Waals surface area contributed by atoms with Crippen molar-refractivity contribution in [3.8, 4) is 11.8 Å². The molecule has 1 saturated heterocycles. The molecule has 0 saturated carbocycles. The van der Waals surface area contributed by atoms with Crippen LogP contribution in [0, 0.1) is 17.8 Å². The van der Waals surface area contributed by atoms with Crippen LogP contribution in [0.5, 0.6) is 0 Å². The first-order chi connectivity index (χ1) is 26.6. The van der Waals surface area contributed by atoms with Crippen molar-refractivity contribution in [1.29, 1.82) is 0 Å². The van der Waals surface area contributed by atoms with Crippen LogP contribution in [0.4, 0.5) is 23.7 Å². The van der Waals surface area contributed by atoms with Crippen molar-refractivity contribution in [3.63, 3.8) is 0 Å². The van der Waals surface area contributed by atoms with Crippen molar-refractivity contribution >= 4 is 34.6 Å². The lowest BCUT2D eigenvalue weighted by Gasteiger charge is -2.38. The molecule has 3 heterocycles. The van der Waals surface area contributed by atoms with E-state index in [0.29, 0.717) is 43.9 Å².